The van der Waals surface area contributed by atoms with Gasteiger partial charge in [-0.2, -0.15) is 0 Å². The van der Waals surface area contributed by atoms with Gasteiger partial charge < -0.3 is 14.0 Å². The molecule has 1 spiro atoms. The van der Waals surface area contributed by atoms with Gasteiger partial charge in [-0.3, -0.25) is 19.5 Å². The molecule has 1 aliphatic heterocycles. The second-order valence-electron chi connectivity index (χ2n) is 13.2. The lowest BCUT2D eigenvalue weighted by Gasteiger charge is -2.24. The number of hydrogen-bond acceptors (Lipinski definition) is 7. The van der Waals surface area contributed by atoms with Crippen LogP contribution in [0.4, 0.5) is 5.88 Å². The monoisotopic (exact) mass is 684 g/mol. The number of amidine groups is 1. The van der Waals surface area contributed by atoms with Gasteiger partial charge >= 0.3 is 0 Å². The van der Waals surface area contributed by atoms with Crippen molar-refractivity contribution < 1.29 is 22.5 Å². The molecule has 258 valence electrons. The molecule has 2 aliphatic rings. The molecule has 4 aromatic rings. The summed E-state index contributed by atoms with van der Waals surface area (Å²) in [6, 6.07) is 16.2. The van der Waals surface area contributed by atoms with E-state index >= 15 is 0 Å². The summed E-state index contributed by atoms with van der Waals surface area (Å²) in [5, 5.41) is 3.89. The number of amides is 2. The van der Waals surface area contributed by atoms with Crippen molar-refractivity contribution in [1.82, 2.24) is 19.5 Å². The number of aromatic nitrogens is 2. The lowest BCUT2D eigenvalue weighted by Crippen LogP contribution is -2.40. The molecule has 1 N–H and O–H groups in total. The molecule has 0 bridgehead atoms. The molecule has 2 aromatic heterocycles. The van der Waals surface area contributed by atoms with E-state index in [4.69, 9.17) is 9.52 Å². The lowest BCUT2D eigenvalue weighted by molar-refractivity contribution is -0.131. The summed E-state index contributed by atoms with van der Waals surface area (Å²) in [5.74, 6) is 0.801. The minimum atomic E-state index is -4.11. The third kappa shape index (κ3) is 6.66. The molecule has 0 unspecified atom stereocenters. The Morgan fingerprint density at radius 3 is 2.49 bits per heavy atom. The van der Waals surface area contributed by atoms with Crippen LogP contribution in [-0.2, 0) is 35.0 Å². The van der Waals surface area contributed by atoms with Crippen molar-refractivity contribution in [1.29, 1.82) is 0 Å². The fraction of sp³-hybridized carbons (Fsp3) is 0.405. The number of unbranched alkanes of at least 4 members (excludes halogenated alkanes) is 1. The molecule has 0 radical (unpaired) electrons. The molecular formula is C37H44N6O5S. The van der Waals surface area contributed by atoms with Gasteiger partial charge in [0.25, 0.3) is 21.8 Å². The van der Waals surface area contributed by atoms with Crippen LogP contribution in [0, 0.1) is 13.8 Å². The molecular weight excluding hydrogens is 641 g/mol. The Morgan fingerprint density at radius 1 is 1.06 bits per heavy atom. The summed E-state index contributed by atoms with van der Waals surface area (Å²) in [4.78, 5) is 36.0. The quantitative estimate of drug-likeness (QED) is 0.179. The molecule has 6 rings (SSSR count). The highest BCUT2D eigenvalue weighted by Gasteiger charge is 2.49. The highest BCUT2D eigenvalue weighted by atomic mass is 32.2. The van der Waals surface area contributed by atoms with Crippen molar-refractivity contribution in [3.8, 4) is 11.1 Å². The molecule has 0 saturated heterocycles. The van der Waals surface area contributed by atoms with Gasteiger partial charge in [0, 0.05) is 44.4 Å². The van der Waals surface area contributed by atoms with Crippen LogP contribution in [0.3, 0.4) is 0 Å². The summed E-state index contributed by atoms with van der Waals surface area (Å²) < 4.78 is 37.3. The highest BCUT2D eigenvalue weighted by Crippen LogP contribution is 2.40. The number of nitrogens with zero attached hydrogens (tertiary/aromatic N) is 5. The number of nitrogens with one attached hydrogen (secondary N) is 1. The maximum Gasteiger partial charge on any atom is 0.270 e. The van der Waals surface area contributed by atoms with Crippen LogP contribution in [0.25, 0.3) is 11.1 Å². The second-order valence-corrected chi connectivity index (χ2v) is 14.9. The number of rotatable bonds is 12. The molecule has 11 nitrogen and oxygen atoms in total. The third-order valence-electron chi connectivity index (χ3n) is 9.76. The number of aliphatic imine (C=N–C) groups is 1. The molecule has 1 fully saturated rings. The Hall–Kier alpha value is -4.71. The van der Waals surface area contributed by atoms with E-state index in [1.807, 2.05) is 42.4 Å². The molecule has 0 atom stereocenters. The van der Waals surface area contributed by atoms with E-state index in [9.17, 15) is 18.0 Å². The van der Waals surface area contributed by atoms with Gasteiger partial charge in [-0.25, -0.2) is 13.1 Å². The first-order valence-corrected chi connectivity index (χ1v) is 18.4. The zero-order valence-corrected chi connectivity index (χ0v) is 29.6. The van der Waals surface area contributed by atoms with Crippen LogP contribution >= 0.6 is 0 Å². The zero-order valence-electron chi connectivity index (χ0n) is 28.8. The maximum absolute atomic E-state index is 13.9. The van der Waals surface area contributed by atoms with Gasteiger partial charge in [-0.05, 0) is 68.0 Å². The second kappa shape index (κ2) is 13.7. The normalized spacial score (nSPS) is 15.7. The summed E-state index contributed by atoms with van der Waals surface area (Å²) in [5.41, 5.74) is 3.82. The van der Waals surface area contributed by atoms with Crippen LogP contribution in [0.2, 0.25) is 0 Å². The van der Waals surface area contributed by atoms with E-state index in [1.54, 1.807) is 60.7 Å². The zero-order chi connectivity index (χ0) is 34.9. The van der Waals surface area contributed by atoms with Crippen LogP contribution < -0.4 is 4.72 Å². The van der Waals surface area contributed by atoms with E-state index in [1.165, 1.54) is 0 Å². The van der Waals surface area contributed by atoms with Crippen molar-refractivity contribution in [3.05, 3.63) is 88.9 Å². The lowest BCUT2D eigenvalue weighted by atomic mass is 9.96. The Bertz CT molecular complexity index is 2020. The van der Waals surface area contributed by atoms with Crippen LogP contribution in [0.5, 0.6) is 0 Å². The highest BCUT2D eigenvalue weighted by molar-refractivity contribution is 7.92. The third-order valence-corrected chi connectivity index (χ3v) is 11.2. The van der Waals surface area contributed by atoms with Crippen LogP contribution in [-0.4, -0.2) is 58.2 Å². The number of aryl methyl sites for hydroxylation is 2. The standard InChI is InChI=1S/C37H44N6O5S/c1-6-7-16-33-38-37(19-10-11-20-37)36(45)43(33)23-27-17-18-29(28(22-27)24-42(5)35(44)31-14-12-21-41(31)4)30-13-8-9-15-32(30)49(46,47)40-34-25(2)26(3)39-48-34/h8-9,12-15,17-18,21-22,40H,6-7,10-11,16,19-20,23-24H2,1-5H3. The van der Waals surface area contributed by atoms with Crippen molar-refractivity contribution in [2.45, 2.75) is 89.2 Å². The van der Waals surface area contributed by atoms with E-state index in [2.05, 4.69) is 16.8 Å². The van der Waals surface area contributed by atoms with E-state index in [0.29, 0.717) is 34.6 Å². The van der Waals surface area contributed by atoms with Gasteiger partial charge in [0.1, 0.15) is 17.1 Å². The van der Waals surface area contributed by atoms with Gasteiger partial charge in [0.15, 0.2) is 0 Å². The van der Waals surface area contributed by atoms with Crippen LogP contribution in [0.1, 0.15) is 84.7 Å². The maximum atomic E-state index is 13.9. The molecule has 1 aliphatic carbocycles. The average molecular weight is 685 g/mol. The topological polar surface area (TPSA) is 130 Å². The minimum Gasteiger partial charge on any atom is -0.347 e. The van der Waals surface area contributed by atoms with E-state index < -0.39 is 15.6 Å². The Morgan fingerprint density at radius 2 is 1.82 bits per heavy atom. The van der Waals surface area contributed by atoms with Gasteiger partial charge in [-0.1, -0.05) is 67.7 Å². The van der Waals surface area contributed by atoms with Crippen molar-refractivity contribution in [3.63, 3.8) is 0 Å². The first kappa shape index (κ1) is 34.2. The first-order valence-electron chi connectivity index (χ1n) is 16.9. The number of carbonyl (C=O) groups excluding carboxylic acids is 2. The summed E-state index contributed by atoms with van der Waals surface area (Å²) >= 11 is 0. The van der Waals surface area contributed by atoms with Gasteiger partial charge in [0.2, 0.25) is 5.88 Å². The number of benzene rings is 2. The number of carbonyl (C=O) groups is 2. The van der Waals surface area contributed by atoms with E-state index in [0.717, 1.165) is 61.9 Å². The molecule has 12 heteroatoms. The van der Waals surface area contributed by atoms with Crippen molar-refractivity contribution >= 4 is 33.6 Å². The Balaban J connectivity index is 1.39. The number of sulfonamides is 1. The SMILES string of the molecule is CCCCC1=NC2(CCCC2)C(=O)N1Cc1ccc(-c2ccccc2S(=O)(=O)Nc2onc(C)c2C)c(CN(C)C(=O)c2cccn2C)c1. The largest absolute Gasteiger partial charge is 0.347 e. The van der Waals surface area contributed by atoms with Gasteiger partial charge in [-0.15, -0.1) is 0 Å². The summed E-state index contributed by atoms with van der Waals surface area (Å²) in [7, 11) is -0.555. The molecule has 2 amide bonds. The molecule has 3 heterocycles. The van der Waals surface area contributed by atoms with Crippen molar-refractivity contribution in [2.24, 2.45) is 12.0 Å². The van der Waals surface area contributed by atoms with Gasteiger partial charge in [0.05, 0.1) is 17.1 Å². The van der Waals surface area contributed by atoms with Crippen molar-refractivity contribution in [2.75, 3.05) is 11.8 Å². The van der Waals surface area contributed by atoms with Crippen LogP contribution in [0.15, 0.2) is 75.2 Å². The Kier molecular flexibility index (Phi) is 9.52. The molecule has 2 aromatic carbocycles. The Labute approximate surface area is 288 Å². The number of hydrogen-bond donors (Lipinski definition) is 1. The molecule has 49 heavy (non-hydrogen) atoms. The minimum absolute atomic E-state index is 0.0562. The van der Waals surface area contributed by atoms with E-state index in [-0.39, 0.29) is 29.1 Å². The smallest absolute Gasteiger partial charge is 0.270 e. The fourth-order valence-corrected chi connectivity index (χ4v) is 8.11. The number of anilines is 1. The first-order chi connectivity index (χ1) is 23.4. The predicted molar refractivity (Wildman–Crippen MR) is 189 cm³/mol. The predicted octanol–water partition coefficient (Wildman–Crippen LogP) is 6.61. The summed E-state index contributed by atoms with van der Waals surface area (Å²) in [6.07, 6.45) is 8.06. The fourth-order valence-electron chi connectivity index (χ4n) is 6.84. The molecule has 1 saturated carbocycles. The summed E-state index contributed by atoms with van der Waals surface area (Å²) in [6.45, 7) is 6.16. The average Bonchev–Trinajstić information content (AvgIpc) is 3.87.